The van der Waals surface area contributed by atoms with Crippen molar-refractivity contribution in [3.05, 3.63) is 34.3 Å². The molecule has 0 aliphatic heterocycles. The van der Waals surface area contributed by atoms with Crippen molar-refractivity contribution < 1.29 is 9.34 Å². The lowest BCUT2D eigenvalue weighted by molar-refractivity contribution is -0.380. The maximum atomic E-state index is 10.6. The minimum atomic E-state index is -0.411. The van der Waals surface area contributed by atoms with Gasteiger partial charge >= 0.3 is 5.00 Å². The molecular formula is C11H13N3O3S. The third-order valence-corrected chi connectivity index (χ3v) is 3.28. The first-order chi connectivity index (χ1) is 8.56. The topological polar surface area (TPSA) is 81.2 Å². The quantitative estimate of drug-likeness (QED) is 0.665. The van der Waals surface area contributed by atoms with Crippen LogP contribution in [0.3, 0.4) is 0 Å². The van der Waals surface area contributed by atoms with Gasteiger partial charge in [0, 0.05) is 12.1 Å². The summed E-state index contributed by atoms with van der Waals surface area (Å²) in [6.07, 6.45) is 1.59. The highest BCUT2D eigenvalue weighted by molar-refractivity contribution is 7.18. The molecule has 0 saturated carbocycles. The molecule has 7 heteroatoms. The van der Waals surface area contributed by atoms with E-state index in [1.165, 1.54) is 6.07 Å². The van der Waals surface area contributed by atoms with Gasteiger partial charge in [-0.1, -0.05) is 25.2 Å². The summed E-state index contributed by atoms with van der Waals surface area (Å²) in [6.45, 7) is 4.62. The average Bonchev–Trinajstić information content (AvgIpc) is 2.95. The Morgan fingerprint density at radius 2 is 2.33 bits per heavy atom. The molecule has 0 radical (unpaired) electrons. The lowest BCUT2D eigenvalue weighted by Gasteiger charge is -2.03. The molecule has 0 fully saturated rings. The van der Waals surface area contributed by atoms with Crippen LogP contribution in [-0.4, -0.2) is 15.9 Å². The summed E-state index contributed by atoms with van der Waals surface area (Å²) in [4.78, 5) is 15.0. The molecule has 6 nitrogen and oxygen atoms in total. The Kier molecular flexibility index (Phi) is 3.73. The van der Waals surface area contributed by atoms with E-state index in [2.05, 4.69) is 10.3 Å². The van der Waals surface area contributed by atoms with E-state index in [9.17, 15) is 10.1 Å². The van der Waals surface area contributed by atoms with Crippen molar-refractivity contribution in [2.75, 3.05) is 0 Å². The summed E-state index contributed by atoms with van der Waals surface area (Å²) in [7, 11) is 0. The van der Waals surface area contributed by atoms with E-state index in [0.717, 1.165) is 11.3 Å². The smallest absolute Gasteiger partial charge is 0.324 e. The minimum Gasteiger partial charge on any atom is -0.438 e. The number of hydrogen-bond donors (Lipinski definition) is 1. The molecular weight excluding hydrogens is 254 g/mol. The summed E-state index contributed by atoms with van der Waals surface area (Å²) in [5.41, 5.74) is 0. The number of aromatic nitrogens is 1. The number of oxazole rings is 1. The molecule has 0 saturated heterocycles. The summed E-state index contributed by atoms with van der Waals surface area (Å²) in [5.74, 6) is 1.14. The predicted molar refractivity (Wildman–Crippen MR) is 68.4 cm³/mol. The normalized spacial score (nSPS) is 11.1. The highest BCUT2D eigenvalue weighted by Crippen LogP contribution is 2.32. The van der Waals surface area contributed by atoms with Gasteiger partial charge in [-0.25, -0.2) is 4.98 Å². The first-order valence-electron chi connectivity index (χ1n) is 5.49. The van der Waals surface area contributed by atoms with E-state index in [4.69, 9.17) is 4.42 Å². The van der Waals surface area contributed by atoms with E-state index in [1.807, 2.05) is 13.8 Å². The van der Waals surface area contributed by atoms with Crippen molar-refractivity contribution >= 4 is 16.3 Å². The molecule has 0 bridgehead atoms. The van der Waals surface area contributed by atoms with Crippen LogP contribution >= 0.6 is 11.3 Å². The van der Waals surface area contributed by atoms with E-state index >= 15 is 0 Å². The molecule has 18 heavy (non-hydrogen) atoms. The Labute approximate surface area is 108 Å². The fourth-order valence-corrected chi connectivity index (χ4v) is 2.12. The number of hydrogen-bond acceptors (Lipinski definition) is 6. The van der Waals surface area contributed by atoms with Crippen LogP contribution in [0.1, 0.15) is 19.7 Å². The fraction of sp³-hybridized carbons (Fsp3) is 0.364. The maximum absolute atomic E-state index is 10.6. The van der Waals surface area contributed by atoms with Gasteiger partial charge in [0.25, 0.3) is 0 Å². The zero-order valence-electron chi connectivity index (χ0n) is 10.0. The summed E-state index contributed by atoms with van der Waals surface area (Å²) in [6, 6.07) is 3.49. The van der Waals surface area contributed by atoms with Crippen LogP contribution in [0.4, 0.5) is 5.00 Å². The number of nitrogens with zero attached hydrogens (tertiary/aromatic N) is 2. The van der Waals surface area contributed by atoms with E-state index < -0.39 is 4.92 Å². The van der Waals surface area contributed by atoms with Crippen LogP contribution in [0.15, 0.2) is 22.7 Å². The third-order valence-electron chi connectivity index (χ3n) is 2.23. The Balaban J connectivity index is 2.11. The molecule has 0 atom stereocenters. The van der Waals surface area contributed by atoms with Gasteiger partial charge in [0.15, 0.2) is 5.76 Å². The van der Waals surface area contributed by atoms with E-state index in [1.54, 1.807) is 12.3 Å². The number of nitro groups is 1. The second-order valence-corrected chi connectivity index (χ2v) is 5.11. The second-order valence-electron chi connectivity index (χ2n) is 4.05. The Morgan fingerprint density at radius 3 is 2.94 bits per heavy atom. The van der Waals surface area contributed by atoms with E-state index in [0.29, 0.717) is 29.1 Å². The fourth-order valence-electron chi connectivity index (χ4n) is 1.36. The van der Waals surface area contributed by atoms with Crippen LogP contribution in [0.2, 0.25) is 0 Å². The van der Waals surface area contributed by atoms with Crippen molar-refractivity contribution in [3.8, 4) is 10.6 Å². The van der Waals surface area contributed by atoms with Gasteiger partial charge in [0.2, 0.25) is 5.89 Å². The van der Waals surface area contributed by atoms with Gasteiger partial charge in [-0.3, -0.25) is 10.1 Å². The zero-order valence-corrected chi connectivity index (χ0v) is 10.9. The molecule has 0 aromatic carbocycles. The van der Waals surface area contributed by atoms with Gasteiger partial charge in [0.1, 0.15) is 0 Å². The Hall–Kier alpha value is -1.73. The SMILES string of the molecule is CC(C)NCc1ncc(-c2ccc([N+](=O)[O-])s2)o1. The van der Waals surface area contributed by atoms with Crippen molar-refractivity contribution in [2.24, 2.45) is 0 Å². The van der Waals surface area contributed by atoms with Crippen molar-refractivity contribution in [1.29, 1.82) is 0 Å². The Morgan fingerprint density at radius 1 is 1.56 bits per heavy atom. The lowest BCUT2D eigenvalue weighted by Crippen LogP contribution is -2.21. The number of rotatable bonds is 5. The van der Waals surface area contributed by atoms with Crippen molar-refractivity contribution in [3.63, 3.8) is 0 Å². The molecule has 0 unspecified atom stereocenters. The molecule has 0 aliphatic rings. The molecule has 0 amide bonds. The summed E-state index contributed by atoms with van der Waals surface area (Å²) in [5, 5.41) is 13.9. The number of nitrogens with one attached hydrogen (secondary N) is 1. The molecule has 2 aromatic heterocycles. The summed E-state index contributed by atoms with van der Waals surface area (Å²) < 4.78 is 5.53. The zero-order chi connectivity index (χ0) is 13.1. The molecule has 2 aromatic rings. The average molecular weight is 267 g/mol. The molecule has 2 rings (SSSR count). The third kappa shape index (κ3) is 2.93. The minimum absolute atomic E-state index is 0.100. The molecule has 96 valence electrons. The molecule has 0 aliphatic carbocycles. The van der Waals surface area contributed by atoms with Crippen LogP contribution < -0.4 is 5.32 Å². The van der Waals surface area contributed by atoms with Crippen LogP contribution in [0.25, 0.3) is 10.6 Å². The first-order valence-corrected chi connectivity index (χ1v) is 6.30. The van der Waals surface area contributed by atoms with Gasteiger partial charge in [-0.05, 0) is 6.07 Å². The largest absolute Gasteiger partial charge is 0.438 e. The summed E-state index contributed by atoms with van der Waals surface area (Å²) >= 11 is 1.08. The standard InChI is InChI=1S/C11H13N3O3S/c1-7(2)12-6-10-13-5-8(17-10)9-3-4-11(18-9)14(15)16/h3-5,7,12H,6H2,1-2H3. The number of thiophene rings is 1. The van der Waals surface area contributed by atoms with Gasteiger partial charge in [-0.15, -0.1) is 0 Å². The van der Waals surface area contributed by atoms with Gasteiger partial charge < -0.3 is 9.73 Å². The van der Waals surface area contributed by atoms with Gasteiger partial charge in [-0.2, -0.15) is 0 Å². The predicted octanol–water partition coefficient (Wildman–Crippen LogP) is 2.81. The molecule has 2 heterocycles. The highest BCUT2D eigenvalue weighted by Gasteiger charge is 2.14. The highest BCUT2D eigenvalue weighted by atomic mass is 32.1. The van der Waals surface area contributed by atoms with Gasteiger partial charge in [0.05, 0.1) is 22.5 Å². The van der Waals surface area contributed by atoms with E-state index in [-0.39, 0.29) is 5.00 Å². The van der Waals surface area contributed by atoms with Crippen molar-refractivity contribution in [1.82, 2.24) is 10.3 Å². The second kappa shape index (κ2) is 5.28. The first kappa shape index (κ1) is 12.7. The molecule has 1 N–H and O–H groups in total. The Bertz CT molecular complexity index is 547. The monoisotopic (exact) mass is 267 g/mol. The van der Waals surface area contributed by atoms with Crippen molar-refractivity contribution in [2.45, 2.75) is 26.4 Å². The molecule has 0 spiro atoms. The van der Waals surface area contributed by atoms with Crippen LogP contribution in [-0.2, 0) is 6.54 Å². The lowest BCUT2D eigenvalue weighted by atomic mass is 10.4. The maximum Gasteiger partial charge on any atom is 0.324 e. The van der Waals surface area contributed by atoms with Crippen LogP contribution in [0, 0.1) is 10.1 Å². The van der Waals surface area contributed by atoms with Crippen LogP contribution in [0.5, 0.6) is 0 Å².